The number of hydrogen-bond donors (Lipinski definition) is 1. The maximum atomic E-state index is 13.3. The Bertz CT molecular complexity index is 1390. The third-order valence-corrected chi connectivity index (χ3v) is 6.24. The highest BCUT2D eigenvalue weighted by Gasteiger charge is 2.26. The zero-order valence-electron chi connectivity index (χ0n) is 17.8. The van der Waals surface area contributed by atoms with Gasteiger partial charge in [-0.3, -0.25) is 14.7 Å². The molecular formula is C26H19N5OS. The third kappa shape index (κ3) is 4.29. The van der Waals surface area contributed by atoms with Crippen LogP contribution in [0.3, 0.4) is 0 Å². The Kier molecular flexibility index (Phi) is 5.75. The van der Waals surface area contributed by atoms with Gasteiger partial charge in [-0.05, 0) is 55.5 Å². The SMILES string of the molecule is CC#CCN1C(=O)c2ccccc2Sc2cc(Nc3nccc(-c4cccnc4)n3)ccc21. The first-order chi connectivity index (χ1) is 16.2. The number of hydrogen-bond acceptors (Lipinski definition) is 6. The largest absolute Gasteiger partial charge is 0.324 e. The first kappa shape index (κ1) is 20.7. The smallest absolute Gasteiger partial charge is 0.260 e. The number of benzene rings is 2. The maximum absolute atomic E-state index is 13.3. The van der Waals surface area contributed by atoms with Gasteiger partial charge in [0.15, 0.2) is 0 Å². The quantitative estimate of drug-likeness (QED) is 0.420. The van der Waals surface area contributed by atoms with Crippen LogP contribution in [0.25, 0.3) is 11.3 Å². The summed E-state index contributed by atoms with van der Waals surface area (Å²) >= 11 is 1.57. The fraction of sp³-hybridized carbons (Fsp3) is 0.0769. The Labute approximate surface area is 196 Å². The lowest BCUT2D eigenvalue weighted by Crippen LogP contribution is -2.31. The van der Waals surface area contributed by atoms with Crippen LogP contribution in [0.15, 0.2) is 89.0 Å². The van der Waals surface area contributed by atoms with Crippen LogP contribution in [0.4, 0.5) is 17.3 Å². The predicted octanol–water partition coefficient (Wildman–Crippen LogP) is 5.42. The van der Waals surface area contributed by atoms with Gasteiger partial charge in [0.25, 0.3) is 5.91 Å². The van der Waals surface area contributed by atoms with E-state index in [2.05, 4.69) is 32.1 Å². The molecule has 7 heteroatoms. The summed E-state index contributed by atoms with van der Waals surface area (Å²) in [5, 5.41) is 3.29. The molecule has 2 aromatic heterocycles. The number of nitrogens with zero attached hydrogens (tertiary/aromatic N) is 4. The van der Waals surface area contributed by atoms with Crippen LogP contribution < -0.4 is 10.2 Å². The summed E-state index contributed by atoms with van der Waals surface area (Å²) in [5.41, 5.74) is 4.05. The van der Waals surface area contributed by atoms with Crippen molar-refractivity contribution in [1.82, 2.24) is 15.0 Å². The second-order valence-electron chi connectivity index (χ2n) is 7.23. The lowest BCUT2D eigenvalue weighted by atomic mass is 10.1. The number of carbonyl (C=O) groups excluding carboxylic acids is 1. The summed E-state index contributed by atoms with van der Waals surface area (Å²) in [4.78, 5) is 30.0. The zero-order chi connectivity index (χ0) is 22.6. The number of rotatable bonds is 4. The molecule has 0 fully saturated rings. The van der Waals surface area contributed by atoms with Crippen molar-refractivity contribution in [1.29, 1.82) is 0 Å². The highest BCUT2D eigenvalue weighted by Crippen LogP contribution is 2.42. The van der Waals surface area contributed by atoms with Crippen LogP contribution in [0, 0.1) is 11.8 Å². The van der Waals surface area contributed by atoms with E-state index in [0.29, 0.717) is 18.1 Å². The normalized spacial score (nSPS) is 12.2. The fourth-order valence-electron chi connectivity index (χ4n) is 3.54. The van der Waals surface area contributed by atoms with Crippen molar-refractivity contribution < 1.29 is 4.79 Å². The summed E-state index contributed by atoms with van der Waals surface area (Å²) in [5.74, 6) is 6.36. The van der Waals surface area contributed by atoms with E-state index in [1.165, 1.54) is 0 Å². The van der Waals surface area contributed by atoms with Crippen LogP contribution in [0.5, 0.6) is 0 Å². The van der Waals surface area contributed by atoms with E-state index in [9.17, 15) is 4.79 Å². The fourth-order valence-corrected chi connectivity index (χ4v) is 4.66. The molecule has 1 aliphatic rings. The number of pyridine rings is 1. The van der Waals surface area contributed by atoms with Gasteiger partial charge < -0.3 is 5.32 Å². The minimum absolute atomic E-state index is 0.0483. The minimum Gasteiger partial charge on any atom is -0.324 e. The Hall–Kier alpha value is -4.15. The maximum Gasteiger partial charge on any atom is 0.260 e. The van der Waals surface area contributed by atoms with E-state index in [4.69, 9.17) is 0 Å². The first-order valence-electron chi connectivity index (χ1n) is 10.4. The molecule has 0 aliphatic carbocycles. The molecule has 3 heterocycles. The van der Waals surface area contributed by atoms with Gasteiger partial charge >= 0.3 is 0 Å². The number of fused-ring (bicyclic) bond motifs is 2. The van der Waals surface area contributed by atoms with E-state index in [1.54, 1.807) is 42.2 Å². The van der Waals surface area contributed by atoms with Gasteiger partial charge in [0.2, 0.25) is 5.95 Å². The van der Waals surface area contributed by atoms with Gasteiger partial charge in [-0.15, -0.1) is 5.92 Å². The number of nitrogens with one attached hydrogen (secondary N) is 1. The van der Waals surface area contributed by atoms with Gasteiger partial charge in [0.05, 0.1) is 23.5 Å². The zero-order valence-corrected chi connectivity index (χ0v) is 18.6. The molecule has 1 amide bonds. The molecule has 33 heavy (non-hydrogen) atoms. The Morgan fingerprint density at radius 1 is 1.03 bits per heavy atom. The molecule has 0 spiro atoms. The average molecular weight is 450 g/mol. The monoisotopic (exact) mass is 449 g/mol. The van der Waals surface area contributed by atoms with Crippen molar-refractivity contribution in [2.75, 3.05) is 16.8 Å². The minimum atomic E-state index is -0.0483. The molecule has 0 atom stereocenters. The van der Waals surface area contributed by atoms with E-state index in [-0.39, 0.29) is 5.91 Å². The van der Waals surface area contributed by atoms with Crippen molar-refractivity contribution in [3.8, 4) is 23.1 Å². The van der Waals surface area contributed by atoms with Crippen LogP contribution in [0.2, 0.25) is 0 Å². The number of aromatic nitrogens is 3. The summed E-state index contributed by atoms with van der Waals surface area (Å²) in [6.45, 7) is 2.11. The molecule has 160 valence electrons. The lowest BCUT2D eigenvalue weighted by molar-refractivity contribution is 0.0987. The molecular weight excluding hydrogens is 430 g/mol. The number of carbonyl (C=O) groups is 1. The Morgan fingerprint density at radius 2 is 1.94 bits per heavy atom. The summed E-state index contributed by atoms with van der Waals surface area (Å²) in [6.07, 6.45) is 5.22. The van der Waals surface area contributed by atoms with Crippen LogP contribution in [-0.4, -0.2) is 27.4 Å². The van der Waals surface area contributed by atoms with E-state index in [1.807, 2.05) is 60.7 Å². The van der Waals surface area contributed by atoms with Crippen molar-refractivity contribution in [2.45, 2.75) is 16.7 Å². The second-order valence-corrected chi connectivity index (χ2v) is 8.31. The summed E-state index contributed by atoms with van der Waals surface area (Å²) in [7, 11) is 0. The predicted molar refractivity (Wildman–Crippen MR) is 131 cm³/mol. The van der Waals surface area contributed by atoms with Crippen molar-refractivity contribution >= 4 is 35.0 Å². The highest BCUT2D eigenvalue weighted by atomic mass is 32.2. The summed E-state index contributed by atoms with van der Waals surface area (Å²) < 4.78 is 0. The third-order valence-electron chi connectivity index (χ3n) is 5.12. The number of anilines is 3. The molecule has 0 bridgehead atoms. The molecule has 5 rings (SSSR count). The van der Waals surface area contributed by atoms with Crippen molar-refractivity contribution in [3.05, 3.63) is 84.8 Å². The van der Waals surface area contributed by atoms with Gasteiger partial charge in [-0.2, -0.15) is 0 Å². The number of amides is 1. The van der Waals surface area contributed by atoms with Gasteiger partial charge in [0.1, 0.15) is 0 Å². The molecule has 4 aromatic rings. The topological polar surface area (TPSA) is 71.0 Å². The molecule has 6 nitrogen and oxygen atoms in total. The van der Waals surface area contributed by atoms with Gasteiger partial charge in [0, 0.05) is 39.6 Å². The van der Waals surface area contributed by atoms with Crippen molar-refractivity contribution in [2.24, 2.45) is 0 Å². The molecule has 0 saturated heterocycles. The molecule has 0 radical (unpaired) electrons. The molecule has 0 saturated carbocycles. The Balaban J connectivity index is 1.50. The molecule has 1 N–H and O–H groups in total. The molecule has 1 aliphatic heterocycles. The lowest BCUT2D eigenvalue weighted by Gasteiger charge is -2.21. The van der Waals surface area contributed by atoms with E-state index in [0.717, 1.165) is 32.4 Å². The van der Waals surface area contributed by atoms with Gasteiger partial charge in [-0.25, -0.2) is 9.97 Å². The summed E-state index contributed by atoms with van der Waals surface area (Å²) in [6, 6.07) is 19.2. The first-order valence-corrected chi connectivity index (χ1v) is 11.2. The van der Waals surface area contributed by atoms with Crippen LogP contribution in [0.1, 0.15) is 17.3 Å². The van der Waals surface area contributed by atoms with Crippen LogP contribution in [-0.2, 0) is 0 Å². The molecule has 2 aromatic carbocycles. The van der Waals surface area contributed by atoms with E-state index < -0.39 is 0 Å². The van der Waals surface area contributed by atoms with Crippen LogP contribution >= 0.6 is 11.8 Å². The molecule has 0 unspecified atom stereocenters. The average Bonchev–Trinajstić information content (AvgIpc) is 2.97. The van der Waals surface area contributed by atoms with Crippen molar-refractivity contribution in [3.63, 3.8) is 0 Å². The standard InChI is InChI=1S/C26H19N5OS/c1-2-3-15-31-22-11-10-19(16-24(22)33-23-9-5-4-8-20(23)25(31)32)29-26-28-14-12-21(30-26)18-7-6-13-27-17-18/h4-14,16-17H,15H2,1H3,(H,28,29,30). The highest BCUT2D eigenvalue weighted by molar-refractivity contribution is 7.99. The van der Waals surface area contributed by atoms with E-state index >= 15 is 0 Å². The Morgan fingerprint density at radius 3 is 2.79 bits per heavy atom. The second kappa shape index (κ2) is 9.15. The van der Waals surface area contributed by atoms with Gasteiger partial charge in [-0.1, -0.05) is 29.8 Å².